The average Bonchev–Trinajstić information content (AvgIpc) is 3.28. The van der Waals surface area contributed by atoms with Crippen molar-refractivity contribution in [2.24, 2.45) is 5.92 Å². The molecule has 41 heavy (non-hydrogen) atoms. The van der Waals surface area contributed by atoms with Gasteiger partial charge in [0.25, 0.3) is 5.91 Å². The third-order valence-corrected chi connectivity index (χ3v) is 7.04. The molecule has 0 radical (unpaired) electrons. The van der Waals surface area contributed by atoms with Crippen LogP contribution < -0.4 is 16.0 Å². The van der Waals surface area contributed by atoms with E-state index in [1.807, 2.05) is 0 Å². The van der Waals surface area contributed by atoms with E-state index in [9.17, 15) is 50.6 Å². The Hall–Kier alpha value is -3.24. The van der Waals surface area contributed by atoms with Gasteiger partial charge in [-0.25, -0.2) is 0 Å². The van der Waals surface area contributed by atoms with Crippen LogP contribution in [0.2, 0.25) is 0 Å². The van der Waals surface area contributed by atoms with Crippen LogP contribution in [0, 0.1) is 5.92 Å². The summed E-state index contributed by atoms with van der Waals surface area (Å²) < 4.78 is 81.4. The van der Waals surface area contributed by atoms with E-state index in [2.05, 4.69) is 15.4 Å². The first kappa shape index (κ1) is 32.3. The largest absolute Gasteiger partial charge is 0.522 e. The van der Waals surface area contributed by atoms with Gasteiger partial charge in [0.1, 0.15) is 18.2 Å². The number of rotatable bonds is 10. The molecule has 0 bridgehead atoms. The van der Waals surface area contributed by atoms with Crippen LogP contribution in [0.1, 0.15) is 37.8 Å². The fourth-order valence-electron chi connectivity index (χ4n) is 4.58. The zero-order chi connectivity index (χ0) is 30.8. The molecule has 10 nitrogen and oxygen atoms in total. The lowest BCUT2D eigenvalue weighted by Gasteiger charge is -2.39. The molecular weight excluding hydrogens is 566 g/mol. The third kappa shape index (κ3) is 8.16. The molecule has 1 aromatic carbocycles. The number of ether oxygens (including phenoxy) is 1. The number of nitrogens with zero attached hydrogens (tertiary/aromatic N) is 1. The summed E-state index contributed by atoms with van der Waals surface area (Å²) in [6, 6.07) is 3.46. The Labute approximate surface area is 230 Å². The van der Waals surface area contributed by atoms with Crippen LogP contribution in [-0.4, -0.2) is 83.1 Å². The van der Waals surface area contributed by atoms with Crippen molar-refractivity contribution in [2.75, 3.05) is 13.2 Å². The quantitative estimate of drug-likeness (QED) is 0.236. The number of fused-ring (bicyclic) bond motifs is 1. The van der Waals surface area contributed by atoms with Crippen LogP contribution in [-0.2, 0) is 36.9 Å². The van der Waals surface area contributed by atoms with Crippen molar-refractivity contribution >= 4 is 23.5 Å². The van der Waals surface area contributed by atoms with Gasteiger partial charge in [0.05, 0.1) is 6.04 Å². The summed E-state index contributed by atoms with van der Waals surface area (Å²) in [5.74, 6) is -4.72. The van der Waals surface area contributed by atoms with E-state index in [4.69, 9.17) is 0 Å². The van der Waals surface area contributed by atoms with Crippen LogP contribution in [0.3, 0.4) is 0 Å². The summed E-state index contributed by atoms with van der Waals surface area (Å²) in [6.45, 7) is -0.0688. The molecule has 2 aliphatic rings. The summed E-state index contributed by atoms with van der Waals surface area (Å²) in [5, 5.41) is 17.0. The minimum Gasteiger partial charge on any atom is -0.370 e. The van der Waals surface area contributed by atoms with E-state index in [0.717, 1.165) is 4.90 Å². The second-order valence-corrected chi connectivity index (χ2v) is 10.4. The van der Waals surface area contributed by atoms with Crippen molar-refractivity contribution in [3.8, 4) is 0 Å². The zero-order valence-electron chi connectivity index (χ0n) is 22.1. The highest BCUT2D eigenvalue weighted by atomic mass is 19.4. The van der Waals surface area contributed by atoms with E-state index in [1.54, 1.807) is 29.6 Å². The molecule has 4 N–H and O–H groups in total. The molecule has 1 fully saturated rings. The van der Waals surface area contributed by atoms with E-state index >= 15 is 0 Å². The van der Waals surface area contributed by atoms with Gasteiger partial charge in [-0.05, 0) is 37.8 Å². The van der Waals surface area contributed by atoms with Crippen molar-refractivity contribution in [2.45, 2.75) is 76.0 Å². The number of carbonyl (C=O) groups is 4. The van der Waals surface area contributed by atoms with Crippen molar-refractivity contribution in [3.05, 3.63) is 35.4 Å². The van der Waals surface area contributed by atoms with Gasteiger partial charge in [-0.1, -0.05) is 24.3 Å². The van der Waals surface area contributed by atoms with Crippen molar-refractivity contribution in [1.29, 1.82) is 0 Å². The number of amides is 3. The maximum absolute atomic E-state index is 13.5. The second-order valence-electron chi connectivity index (χ2n) is 10.4. The highest BCUT2D eigenvalue weighted by Gasteiger charge is 2.50. The topological polar surface area (TPSA) is 137 Å². The molecule has 228 valence electrons. The van der Waals surface area contributed by atoms with Gasteiger partial charge in [0, 0.05) is 25.4 Å². The van der Waals surface area contributed by atoms with Crippen LogP contribution >= 0.6 is 0 Å². The first-order valence-electron chi connectivity index (χ1n) is 12.6. The molecule has 3 amide bonds. The number of halogens is 6. The first-order chi connectivity index (χ1) is 18.9. The number of hydrogen-bond donors (Lipinski definition) is 4. The van der Waals surface area contributed by atoms with Crippen LogP contribution in [0.5, 0.6) is 0 Å². The standard InChI is InChI=1S/C25H30F6N4O6/c1-23(2,24(26,27)28)34-21(39)22(40)35-11-15-6-4-3-5-13(15)10-17(35)20(38)33-16(9-14-7-8-32-19(14)37)18(36)12-41-25(29,30)31/h3-6,14,16-17,21,34,39H,7-12H2,1-2H3,(H,32,37)(H,33,38)/t14-,16-,17-,21?/m0/s1. The lowest BCUT2D eigenvalue weighted by Crippen LogP contribution is -2.63. The van der Waals surface area contributed by atoms with E-state index in [1.165, 1.54) is 0 Å². The molecule has 1 aromatic rings. The number of nitrogens with one attached hydrogen (secondary N) is 3. The van der Waals surface area contributed by atoms with Gasteiger partial charge in [-0.15, -0.1) is 13.2 Å². The molecule has 2 heterocycles. The lowest BCUT2D eigenvalue weighted by molar-refractivity contribution is -0.321. The maximum atomic E-state index is 13.5. The smallest absolute Gasteiger partial charge is 0.370 e. The number of alkyl halides is 6. The first-order valence-corrected chi connectivity index (χ1v) is 12.6. The third-order valence-electron chi connectivity index (χ3n) is 7.04. The molecule has 4 atom stereocenters. The predicted octanol–water partition coefficient (Wildman–Crippen LogP) is 1.31. The summed E-state index contributed by atoms with van der Waals surface area (Å²) in [4.78, 5) is 52.2. The molecule has 0 saturated carbocycles. The Morgan fingerprint density at radius 1 is 1.12 bits per heavy atom. The lowest BCUT2D eigenvalue weighted by atomic mass is 9.92. The van der Waals surface area contributed by atoms with Gasteiger partial charge in [-0.3, -0.25) is 29.2 Å². The minimum atomic E-state index is -5.14. The maximum Gasteiger partial charge on any atom is 0.522 e. The Kier molecular flexibility index (Phi) is 9.70. The number of aliphatic hydroxyl groups is 1. The van der Waals surface area contributed by atoms with Gasteiger partial charge >= 0.3 is 12.5 Å². The Morgan fingerprint density at radius 3 is 2.32 bits per heavy atom. The van der Waals surface area contributed by atoms with Gasteiger partial charge in [-0.2, -0.15) is 13.2 Å². The highest BCUT2D eigenvalue weighted by molar-refractivity contribution is 5.94. The molecule has 0 aromatic heterocycles. The molecule has 3 rings (SSSR count). The molecule has 1 unspecified atom stereocenters. The Morgan fingerprint density at radius 2 is 1.76 bits per heavy atom. The number of aliphatic hydroxyl groups excluding tert-OH is 1. The van der Waals surface area contributed by atoms with Crippen molar-refractivity contribution in [3.63, 3.8) is 0 Å². The van der Waals surface area contributed by atoms with Crippen LogP contribution in [0.25, 0.3) is 0 Å². The van der Waals surface area contributed by atoms with E-state index in [0.29, 0.717) is 25.0 Å². The van der Waals surface area contributed by atoms with Crippen molar-refractivity contribution < 1.29 is 55.4 Å². The average molecular weight is 597 g/mol. The highest BCUT2D eigenvalue weighted by Crippen LogP contribution is 2.31. The zero-order valence-corrected chi connectivity index (χ0v) is 22.1. The summed E-state index contributed by atoms with van der Waals surface area (Å²) in [5.41, 5.74) is -1.56. The Bertz CT molecular complexity index is 1160. The second kappa shape index (κ2) is 12.3. The number of benzene rings is 1. The van der Waals surface area contributed by atoms with Crippen LogP contribution in [0.4, 0.5) is 26.3 Å². The fourth-order valence-corrected chi connectivity index (χ4v) is 4.58. The van der Waals surface area contributed by atoms with Gasteiger partial charge < -0.3 is 20.6 Å². The fraction of sp³-hybridized carbons (Fsp3) is 0.600. The SMILES string of the molecule is CC(C)(NC(O)C(=O)N1Cc2ccccc2C[C@H]1C(=O)N[C@@H](C[C@@H]1CCNC1=O)C(=O)COC(F)(F)F)C(F)(F)F. The number of ketones is 1. The van der Waals surface area contributed by atoms with E-state index < -0.39 is 72.4 Å². The van der Waals surface area contributed by atoms with Gasteiger partial charge in [0.15, 0.2) is 12.0 Å². The molecular formula is C25H30F6N4O6. The number of carbonyl (C=O) groups excluding carboxylic acids is 4. The number of hydrogen-bond acceptors (Lipinski definition) is 7. The monoisotopic (exact) mass is 596 g/mol. The van der Waals surface area contributed by atoms with Gasteiger partial charge in [0.2, 0.25) is 11.8 Å². The Balaban J connectivity index is 1.86. The minimum absolute atomic E-state index is 0.174. The number of Topliss-reactive ketones (excluding diaryl/α,β-unsaturated/α-hetero) is 1. The molecule has 0 aliphatic carbocycles. The molecule has 2 aliphatic heterocycles. The normalized spacial score (nSPS) is 21.1. The summed E-state index contributed by atoms with van der Waals surface area (Å²) in [7, 11) is 0. The molecule has 16 heteroatoms. The molecule has 0 spiro atoms. The van der Waals surface area contributed by atoms with Crippen molar-refractivity contribution in [1.82, 2.24) is 20.9 Å². The summed E-state index contributed by atoms with van der Waals surface area (Å²) >= 11 is 0. The molecule has 1 saturated heterocycles. The van der Waals surface area contributed by atoms with Crippen LogP contribution in [0.15, 0.2) is 24.3 Å². The predicted molar refractivity (Wildman–Crippen MR) is 128 cm³/mol. The summed E-state index contributed by atoms with van der Waals surface area (Å²) in [6.07, 6.45) is -12.6. The van der Waals surface area contributed by atoms with E-state index in [-0.39, 0.29) is 32.4 Å².